The number of rotatable bonds is 7. The molecule has 3 N–H and O–H groups in total. The van der Waals surface area contributed by atoms with E-state index in [1.807, 2.05) is 6.92 Å². The van der Waals surface area contributed by atoms with E-state index in [1.54, 1.807) is 24.3 Å². The zero-order valence-corrected chi connectivity index (χ0v) is 13.0. The van der Waals surface area contributed by atoms with Gasteiger partial charge in [-0.3, -0.25) is 4.79 Å². The molecular formula is C15H22N2O2S. The van der Waals surface area contributed by atoms with Gasteiger partial charge in [-0.1, -0.05) is 32.5 Å². The van der Waals surface area contributed by atoms with Crippen LogP contribution in [-0.4, -0.2) is 23.5 Å². The fraction of sp³-hybridized carbons (Fsp3) is 0.467. The molecular weight excluding hydrogens is 272 g/mol. The normalized spacial score (nSPS) is 13.3. The number of carbonyl (C=O) groups is 1. The fourth-order valence-electron chi connectivity index (χ4n) is 1.66. The number of benzene rings is 1. The zero-order chi connectivity index (χ0) is 15.1. The molecule has 4 nitrogen and oxygen atoms in total. The molecule has 1 rings (SSSR count). The van der Waals surface area contributed by atoms with Gasteiger partial charge < -0.3 is 15.8 Å². The standard InChI is InChI=1S/C15H22N2O2S/c1-4-10(2)11(3)17-14(18)9-19-13-7-5-12(6-8-13)15(16)20/h5-8,10-11H,4,9H2,1-3H3,(H2,16,20)(H,17,18). The highest BCUT2D eigenvalue weighted by molar-refractivity contribution is 7.80. The molecule has 5 heteroatoms. The summed E-state index contributed by atoms with van der Waals surface area (Å²) in [4.78, 5) is 12.1. The SMILES string of the molecule is CCC(C)C(C)NC(=O)COc1ccc(C(N)=S)cc1. The molecule has 1 aromatic rings. The average Bonchev–Trinajstić information content (AvgIpc) is 2.44. The Balaban J connectivity index is 2.43. The van der Waals surface area contributed by atoms with E-state index in [-0.39, 0.29) is 18.6 Å². The van der Waals surface area contributed by atoms with Gasteiger partial charge in [0, 0.05) is 11.6 Å². The van der Waals surface area contributed by atoms with Crippen LogP contribution in [0.5, 0.6) is 5.75 Å². The van der Waals surface area contributed by atoms with Gasteiger partial charge in [-0.2, -0.15) is 0 Å². The van der Waals surface area contributed by atoms with Crippen LogP contribution in [0, 0.1) is 5.92 Å². The van der Waals surface area contributed by atoms with Crippen LogP contribution < -0.4 is 15.8 Å². The van der Waals surface area contributed by atoms with Gasteiger partial charge in [-0.05, 0) is 37.1 Å². The Morgan fingerprint density at radius 1 is 1.35 bits per heavy atom. The molecule has 0 saturated heterocycles. The second-order valence-corrected chi connectivity index (χ2v) is 5.36. The Kier molecular flexibility index (Phi) is 6.45. The van der Waals surface area contributed by atoms with Gasteiger partial charge in [0.05, 0.1) is 0 Å². The average molecular weight is 294 g/mol. The number of hydrogen-bond acceptors (Lipinski definition) is 3. The highest BCUT2D eigenvalue weighted by Gasteiger charge is 2.13. The highest BCUT2D eigenvalue weighted by Crippen LogP contribution is 2.12. The monoisotopic (exact) mass is 294 g/mol. The van der Waals surface area contributed by atoms with E-state index >= 15 is 0 Å². The van der Waals surface area contributed by atoms with Gasteiger partial charge in [-0.15, -0.1) is 0 Å². The number of amides is 1. The van der Waals surface area contributed by atoms with E-state index in [0.29, 0.717) is 16.7 Å². The number of ether oxygens (including phenoxy) is 1. The lowest BCUT2D eigenvalue weighted by Crippen LogP contribution is -2.39. The van der Waals surface area contributed by atoms with Crippen molar-refractivity contribution >= 4 is 23.1 Å². The molecule has 1 amide bonds. The second kappa shape index (κ2) is 7.85. The quantitative estimate of drug-likeness (QED) is 0.757. The van der Waals surface area contributed by atoms with Gasteiger partial charge in [0.15, 0.2) is 6.61 Å². The fourth-order valence-corrected chi connectivity index (χ4v) is 1.79. The first-order chi connectivity index (χ1) is 9.43. The van der Waals surface area contributed by atoms with E-state index in [1.165, 1.54) is 0 Å². The lowest BCUT2D eigenvalue weighted by atomic mass is 10.0. The van der Waals surface area contributed by atoms with Crippen LogP contribution in [0.2, 0.25) is 0 Å². The van der Waals surface area contributed by atoms with Gasteiger partial charge in [-0.25, -0.2) is 0 Å². The number of nitrogens with two attached hydrogens (primary N) is 1. The van der Waals surface area contributed by atoms with Crippen LogP contribution in [0.3, 0.4) is 0 Å². The van der Waals surface area contributed by atoms with Crippen molar-refractivity contribution < 1.29 is 9.53 Å². The molecule has 0 aliphatic heterocycles. The summed E-state index contributed by atoms with van der Waals surface area (Å²) in [6.07, 6.45) is 1.03. The van der Waals surface area contributed by atoms with Gasteiger partial charge in [0.2, 0.25) is 0 Å². The maximum absolute atomic E-state index is 11.7. The first-order valence-electron chi connectivity index (χ1n) is 6.76. The molecule has 0 aliphatic rings. The maximum atomic E-state index is 11.7. The molecule has 0 bridgehead atoms. The molecule has 2 unspecified atom stereocenters. The summed E-state index contributed by atoms with van der Waals surface area (Å²) in [6.45, 7) is 6.23. The van der Waals surface area contributed by atoms with E-state index in [0.717, 1.165) is 12.0 Å². The summed E-state index contributed by atoms with van der Waals surface area (Å²) in [7, 11) is 0. The van der Waals surface area contributed by atoms with E-state index in [2.05, 4.69) is 19.2 Å². The molecule has 0 saturated carbocycles. The largest absolute Gasteiger partial charge is 0.484 e. The first-order valence-corrected chi connectivity index (χ1v) is 7.16. The second-order valence-electron chi connectivity index (χ2n) is 4.92. The van der Waals surface area contributed by atoms with Crippen LogP contribution in [0.1, 0.15) is 32.8 Å². The van der Waals surface area contributed by atoms with E-state index in [9.17, 15) is 4.79 Å². The van der Waals surface area contributed by atoms with Crippen molar-refractivity contribution in [2.75, 3.05) is 6.61 Å². The molecule has 0 spiro atoms. The molecule has 0 aliphatic carbocycles. The lowest BCUT2D eigenvalue weighted by Gasteiger charge is -2.19. The number of carbonyl (C=O) groups excluding carboxylic acids is 1. The number of hydrogen-bond donors (Lipinski definition) is 2. The van der Waals surface area contributed by atoms with Crippen molar-refractivity contribution in [3.8, 4) is 5.75 Å². The third-order valence-electron chi connectivity index (χ3n) is 3.39. The van der Waals surface area contributed by atoms with Crippen molar-refractivity contribution in [1.29, 1.82) is 0 Å². The summed E-state index contributed by atoms with van der Waals surface area (Å²) in [5, 5.41) is 2.93. The Morgan fingerprint density at radius 2 is 1.95 bits per heavy atom. The zero-order valence-electron chi connectivity index (χ0n) is 12.2. The molecule has 2 atom stereocenters. The summed E-state index contributed by atoms with van der Waals surface area (Å²) in [5.41, 5.74) is 6.29. The Bertz CT molecular complexity index is 459. The smallest absolute Gasteiger partial charge is 0.258 e. The predicted molar refractivity (Wildman–Crippen MR) is 84.9 cm³/mol. The third-order valence-corrected chi connectivity index (χ3v) is 3.63. The molecule has 110 valence electrons. The first kappa shape index (κ1) is 16.4. The summed E-state index contributed by atoms with van der Waals surface area (Å²) in [6, 6.07) is 7.20. The molecule has 0 heterocycles. The maximum Gasteiger partial charge on any atom is 0.258 e. The Morgan fingerprint density at radius 3 is 2.45 bits per heavy atom. The third kappa shape index (κ3) is 5.17. The van der Waals surface area contributed by atoms with Gasteiger partial charge in [0.1, 0.15) is 10.7 Å². The van der Waals surface area contributed by atoms with Crippen molar-refractivity contribution in [2.45, 2.75) is 33.2 Å². The van der Waals surface area contributed by atoms with Crippen molar-refractivity contribution in [1.82, 2.24) is 5.32 Å². The molecule has 1 aromatic carbocycles. The van der Waals surface area contributed by atoms with E-state index in [4.69, 9.17) is 22.7 Å². The summed E-state index contributed by atoms with van der Waals surface area (Å²) >= 11 is 4.87. The van der Waals surface area contributed by atoms with Crippen molar-refractivity contribution in [2.24, 2.45) is 11.7 Å². The van der Waals surface area contributed by atoms with Crippen LogP contribution in [0.4, 0.5) is 0 Å². The minimum Gasteiger partial charge on any atom is -0.484 e. The predicted octanol–water partition coefficient (Wildman–Crippen LogP) is 2.25. The Hall–Kier alpha value is -1.62. The van der Waals surface area contributed by atoms with Crippen molar-refractivity contribution in [3.63, 3.8) is 0 Å². The number of thiocarbonyl (C=S) groups is 1. The van der Waals surface area contributed by atoms with Crippen LogP contribution >= 0.6 is 12.2 Å². The van der Waals surface area contributed by atoms with Gasteiger partial charge >= 0.3 is 0 Å². The molecule has 0 fully saturated rings. The minimum atomic E-state index is -0.115. The van der Waals surface area contributed by atoms with Gasteiger partial charge in [0.25, 0.3) is 5.91 Å². The van der Waals surface area contributed by atoms with Crippen molar-refractivity contribution in [3.05, 3.63) is 29.8 Å². The topological polar surface area (TPSA) is 64.3 Å². The number of nitrogens with one attached hydrogen (secondary N) is 1. The molecule has 20 heavy (non-hydrogen) atoms. The van der Waals surface area contributed by atoms with E-state index < -0.39 is 0 Å². The summed E-state index contributed by atoms with van der Waals surface area (Å²) in [5.74, 6) is 0.955. The van der Waals surface area contributed by atoms with Crippen LogP contribution in [0.15, 0.2) is 24.3 Å². The molecule has 0 radical (unpaired) electrons. The Labute approximate surface area is 125 Å². The minimum absolute atomic E-state index is 0.00714. The van der Waals surface area contributed by atoms with Crippen LogP contribution in [0.25, 0.3) is 0 Å². The van der Waals surface area contributed by atoms with Crippen LogP contribution in [-0.2, 0) is 4.79 Å². The summed E-state index contributed by atoms with van der Waals surface area (Å²) < 4.78 is 5.42. The lowest BCUT2D eigenvalue weighted by molar-refractivity contribution is -0.124. The molecule has 0 aromatic heterocycles. The highest BCUT2D eigenvalue weighted by atomic mass is 32.1.